The summed E-state index contributed by atoms with van der Waals surface area (Å²) in [6.45, 7) is 5.75. The zero-order chi connectivity index (χ0) is 28.2. The van der Waals surface area contributed by atoms with Crippen molar-refractivity contribution in [3.63, 3.8) is 0 Å². The van der Waals surface area contributed by atoms with E-state index in [9.17, 15) is 22.8 Å². The van der Waals surface area contributed by atoms with Crippen molar-refractivity contribution in [2.75, 3.05) is 6.61 Å². The number of hydrogen-bond acceptors (Lipinski definition) is 5. The van der Waals surface area contributed by atoms with E-state index in [1.807, 2.05) is 56.2 Å². The molecule has 0 aliphatic carbocycles. The van der Waals surface area contributed by atoms with Crippen molar-refractivity contribution in [2.45, 2.75) is 52.0 Å². The van der Waals surface area contributed by atoms with E-state index >= 15 is 0 Å². The van der Waals surface area contributed by atoms with Gasteiger partial charge in [-0.2, -0.15) is 13.2 Å². The number of nitrogens with zero attached hydrogens (tertiary/aromatic N) is 1. The first kappa shape index (κ1) is 28.1. The fraction of sp³-hybridized carbons (Fsp3) is 0.310. The Morgan fingerprint density at radius 1 is 1.08 bits per heavy atom. The second kappa shape index (κ2) is 11.8. The van der Waals surface area contributed by atoms with E-state index in [0.717, 1.165) is 23.2 Å². The average molecular weight is 539 g/mol. The molecule has 0 N–H and O–H groups in total. The number of rotatable bonds is 9. The summed E-state index contributed by atoms with van der Waals surface area (Å²) >= 11 is 0. The molecule has 1 heterocycles. The Morgan fingerprint density at radius 3 is 2.49 bits per heavy atom. The van der Waals surface area contributed by atoms with Crippen LogP contribution in [-0.2, 0) is 33.4 Å². The first-order valence-corrected chi connectivity index (χ1v) is 12.8. The van der Waals surface area contributed by atoms with Crippen LogP contribution in [0.3, 0.4) is 0 Å². The van der Waals surface area contributed by atoms with E-state index in [-0.39, 0.29) is 36.9 Å². The van der Waals surface area contributed by atoms with Crippen LogP contribution in [0.1, 0.15) is 42.2 Å². The van der Waals surface area contributed by atoms with Crippen LogP contribution in [0, 0.1) is 0 Å². The molecule has 0 aromatic heterocycles. The fourth-order valence-electron chi connectivity index (χ4n) is 4.55. The molecule has 1 amide bonds. The lowest BCUT2D eigenvalue weighted by molar-refractivity contribution is -0.142. The van der Waals surface area contributed by atoms with Gasteiger partial charge in [0.15, 0.2) is 7.28 Å². The molecule has 1 fully saturated rings. The molecule has 0 saturated carbocycles. The highest BCUT2D eigenvalue weighted by atomic mass is 19.4. The molecule has 39 heavy (non-hydrogen) atoms. The number of ether oxygens (including phenoxy) is 3. The first-order chi connectivity index (χ1) is 18.6. The van der Waals surface area contributed by atoms with Gasteiger partial charge in [0.2, 0.25) is 0 Å². The average Bonchev–Trinajstić information content (AvgIpc) is 3.18. The van der Waals surface area contributed by atoms with Crippen LogP contribution in [0.2, 0.25) is 6.82 Å². The molecule has 1 aliphatic heterocycles. The number of amides is 1. The van der Waals surface area contributed by atoms with Crippen LogP contribution in [0.15, 0.2) is 66.7 Å². The lowest BCUT2D eigenvalue weighted by Gasteiger charge is -2.23. The van der Waals surface area contributed by atoms with Crippen molar-refractivity contribution in [3.05, 3.63) is 89.0 Å². The van der Waals surface area contributed by atoms with E-state index in [4.69, 9.17) is 14.2 Å². The molecule has 4 rings (SSSR count). The third-order valence-electron chi connectivity index (χ3n) is 6.57. The highest BCUT2D eigenvalue weighted by Crippen LogP contribution is 2.37. The highest BCUT2D eigenvalue weighted by molar-refractivity contribution is 6.51. The molecule has 10 heteroatoms. The minimum Gasteiger partial charge on any atom is -0.466 e. The third-order valence-corrected chi connectivity index (χ3v) is 6.57. The largest absolute Gasteiger partial charge is 0.466 e. The number of esters is 1. The quantitative estimate of drug-likeness (QED) is 0.254. The van der Waals surface area contributed by atoms with Crippen LogP contribution >= 0.6 is 0 Å². The normalized spacial score (nSPS) is 17.1. The Balaban J connectivity index is 1.64. The summed E-state index contributed by atoms with van der Waals surface area (Å²) in [6.07, 6.45) is -5.90. The monoisotopic (exact) mass is 539 g/mol. The van der Waals surface area contributed by atoms with Crippen molar-refractivity contribution in [2.24, 2.45) is 0 Å². The van der Waals surface area contributed by atoms with Gasteiger partial charge >= 0.3 is 18.2 Å². The third kappa shape index (κ3) is 6.74. The SMILES string of the molecule is CBc1ccc(Oc2cc(CC(=O)OCC)cc(C(F)(F)F)c2)c(CN2C(=O)O[C@H](c3ccccc3)[C@@H]2C)c1. The Hall–Kier alpha value is -3.95. The molecule has 3 aromatic carbocycles. The van der Waals surface area contributed by atoms with Gasteiger partial charge in [-0.15, -0.1) is 0 Å². The van der Waals surface area contributed by atoms with Gasteiger partial charge in [-0.3, -0.25) is 9.69 Å². The van der Waals surface area contributed by atoms with Crippen molar-refractivity contribution in [3.8, 4) is 11.5 Å². The minimum absolute atomic E-state index is 0.0752. The van der Waals surface area contributed by atoms with Gasteiger partial charge < -0.3 is 14.2 Å². The van der Waals surface area contributed by atoms with Crippen LogP contribution < -0.4 is 10.2 Å². The Bertz CT molecular complexity index is 1330. The Labute approximate surface area is 225 Å². The van der Waals surface area contributed by atoms with Gasteiger partial charge in [-0.1, -0.05) is 54.8 Å². The zero-order valence-electron chi connectivity index (χ0n) is 22.0. The van der Waals surface area contributed by atoms with Crippen LogP contribution in [0.5, 0.6) is 11.5 Å². The lowest BCUT2D eigenvalue weighted by atomic mass is 9.73. The molecular weight excluding hydrogens is 510 g/mol. The molecule has 0 bridgehead atoms. The molecule has 1 aliphatic rings. The van der Waals surface area contributed by atoms with Gasteiger partial charge in [-0.25, -0.2) is 4.79 Å². The summed E-state index contributed by atoms with van der Waals surface area (Å²) < 4.78 is 57.5. The lowest BCUT2D eigenvalue weighted by Crippen LogP contribution is -2.32. The molecule has 0 unspecified atom stereocenters. The summed E-state index contributed by atoms with van der Waals surface area (Å²) in [5.41, 5.74) is 1.65. The molecule has 0 spiro atoms. The van der Waals surface area contributed by atoms with E-state index in [2.05, 4.69) is 0 Å². The number of hydrogen-bond donors (Lipinski definition) is 0. The summed E-state index contributed by atoms with van der Waals surface area (Å²) in [4.78, 5) is 26.4. The maximum atomic E-state index is 13.7. The van der Waals surface area contributed by atoms with Gasteiger partial charge in [0.1, 0.15) is 17.6 Å². The Morgan fingerprint density at radius 2 is 1.82 bits per heavy atom. The predicted octanol–water partition coefficient (Wildman–Crippen LogP) is 5.80. The second-order valence-corrected chi connectivity index (χ2v) is 9.33. The molecule has 0 radical (unpaired) electrons. The van der Waals surface area contributed by atoms with Crippen molar-refractivity contribution >= 4 is 24.8 Å². The fourth-order valence-corrected chi connectivity index (χ4v) is 4.55. The van der Waals surface area contributed by atoms with Crippen molar-refractivity contribution < 1.29 is 37.0 Å². The summed E-state index contributed by atoms with van der Waals surface area (Å²) in [5, 5.41) is 0. The highest BCUT2D eigenvalue weighted by Gasteiger charge is 2.40. The number of carbonyl (C=O) groups is 2. The maximum absolute atomic E-state index is 13.7. The maximum Gasteiger partial charge on any atom is 0.416 e. The van der Waals surface area contributed by atoms with Crippen LogP contribution in [-0.4, -0.2) is 36.9 Å². The van der Waals surface area contributed by atoms with Gasteiger partial charge in [0, 0.05) is 5.56 Å². The zero-order valence-corrected chi connectivity index (χ0v) is 22.0. The van der Waals surface area contributed by atoms with Gasteiger partial charge in [-0.05, 0) is 49.2 Å². The molecule has 204 valence electrons. The topological polar surface area (TPSA) is 65.1 Å². The van der Waals surface area contributed by atoms with E-state index in [1.54, 1.807) is 17.9 Å². The summed E-state index contributed by atoms with van der Waals surface area (Å²) in [5.74, 6) is -0.407. The molecule has 3 aromatic rings. The minimum atomic E-state index is -4.64. The van der Waals surface area contributed by atoms with Crippen molar-refractivity contribution in [1.82, 2.24) is 4.90 Å². The van der Waals surface area contributed by atoms with Gasteiger partial charge in [0.25, 0.3) is 0 Å². The number of cyclic esters (lactones) is 1. The summed E-state index contributed by atoms with van der Waals surface area (Å²) in [7, 11) is 0.715. The second-order valence-electron chi connectivity index (χ2n) is 9.33. The smallest absolute Gasteiger partial charge is 0.416 e. The number of halogens is 3. The molecular formula is C29H29BF3NO5. The molecule has 2 atom stereocenters. The standard InChI is InChI=1S/C29H29BF3NO5/c1-4-37-26(35)14-19-12-22(29(31,32)33)16-24(13-19)38-25-11-10-23(30-3)15-21(25)17-34-18(2)27(39-28(34)36)20-8-6-5-7-9-20/h5-13,15-16,18,27,30H,4,14,17H2,1-3H3/t18-,27-/m0/s1. The number of carbonyl (C=O) groups excluding carboxylic acids is 2. The number of alkyl halides is 3. The number of benzene rings is 3. The first-order valence-electron chi connectivity index (χ1n) is 12.8. The van der Waals surface area contributed by atoms with Crippen LogP contribution in [0.4, 0.5) is 18.0 Å². The van der Waals surface area contributed by atoms with E-state index in [0.29, 0.717) is 18.6 Å². The predicted molar refractivity (Wildman–Crippen MR) is 142 cm³/mol. The van der Waals surface area contributed by atoms with Gasteiger partial charge in [0.05, 0.1) is 31.2 Å². The van der Waals surface area contributed by atoms with E-state index in [1.165, 1.54) is 6.07 Å². The van der Waals surface area contributed by atoms with Crippen molar-refractivity contribution in [1.29, 1.82) is 0 Å². The summed E-state index contributed by atoms with van der Waals surface area (Å²) in [6, 6.07) is 17.7. The molecule has 6 nitrogen and oxygen atoms in total. The molecule has 1 saturated heterocycles. The Kier molecular flexibility index (Phi) is 8.52. The van der Waals surface area contributed by atoms with E-state index < -0.39 is 29.9 Å². The van der Waals surface area contributed by atoms with Crippen LogP contribution in [0.25, 0.3) is 0 Å².